The number of benzene rings is 1. The highest BCUT2D eigenvalue weighted by Gasteiger charge is 2.09. The quantitative estimate of drug-likeness (QED) is 0.820. The molecule has 0 saturated heterocycles. The Morgan fingerprint density at radius 3 is 3.00 bits per heavy atom. The van der Waals surface area contributed by atoms with Crippen LogP contribution in [0.4, 0.5) is 5.13 Å². The van der Waals surface area contributed by atoms with E-state index in [0.717, 1.165) is 17.1 Å². The molecule has 1 heterocycles. The number of thiazole rings is 1. The molecule has 0 bridgehead atoms. The third-order valence-electron chi connectivity index (χ3n) is 3.22. The highest BCUT2D eigenvalue weighted by atomic mass is 32.1. The van der Waals surface area contributed by atoms with Gasteiger partial charge in [-0.1, -0.05) is 36.5 Å². The maximum atomic E-state index is 4.53. The Bertz CT molecular complexity index is 540. The molecular formula is C14H17N3S. The van der Waals surface area contributed by atoms with Gasteiger partial charge in [-0.2, -0.15) is 0 Å². The first-order valence-electron chi connectivity index (χ1n) is 6.39. The zero-order valence-corrected chi connectivity index (χ0v) is 11.3. The van der Waals surface area contributed by atoms with Gasteiger partial charge in [-0.3, -0.25) is 5.43 Å². The van der Waals surface area contributed by atoms with Gasteiger partial charge in [-0.05, 0) is 37.3 Å². The fourth-order valence-corrected chi connectivity index (χ4v) is 3.11. The van der Waals surface area contributed by atoms with Gasteiger partial charge in [0.25, 0.3) is 0 Å². The summed E-state index contributed by atoms with van der Waals surface area (Å²) in [7, 11) is 0. The number of allylic oxidation sites excluding steroid dienone is 2. The van der Waals surface area contributed by atoms with Gasteiger partial charge in [-0.25, -0.2) is 4.98 Å². The highest BCUT2D eigenvalue weighted by Crippen LogP contribution is 2.25. The number of anilines is 1. The van der Waals surface area contributed by atoms with Gasteiger partial charge in [-0.15, -0.1) is 0 Å². The van der Waals surface area contributed by atoms with Crippen molar-refractivity contribution in [1.82, 2.24) is 10.4 Å². The van der Waals surface area contributed by atoms with Crippen molar-refractivity contribution in [3.8, 4) is 0 Å². The summed E-state index contributed by atoms with van der Waals surface area (Å²) in [6.07, 6.45) is 6.00. The summed E-state index contributed by atoms with van der Waals surface area (Å²) in [5, 5.41) is 0.926. The first kappa shape index (κ1) is 11.5. The summed E-state index contributed by atoms with van der Waals surface area (Å²) in [6.45, 7) is 2.26. The van der Waals surface area contributed by atoms with Gasteiger partial charge < -0.3 is 5.43 Å². The van der Waals surface area contributed by atoms with Crippen LogP contribution in [0.15, 0.2) is 36.0 Å². The number of para-hydroxylation sites is 1. The van der Waals surface area contributed by atoms with Crippen molar-refractivity contribution in [2.75, 3.05) is 5.43 Å². The van der Waals surface area contributed by atoms with Crippen molar-refractivity contribution in [1.29, 1.82) is 0 Å². The second-order valence-electron chi connectivity index (χ2n) is 4.80. The third kappa shape index (κ3) is 2.48. The monoisotopic (exact) mass is 259 g/mol. The van der Waals surface area contributed by atoms with E-state index in [-0.39, 0.29) is 0 Å². The number of hydrogen-bond donors (Lipinski definition) is 2. The van der Waals surface area contributed by atoms with Crippen molar-refractivity contribution in [2.24, 2.45) is 5.92 Å². The minimum absolute atomic E-state index is 0.679. The Labute approximate surface area is 111 Å². The van der Waals surface area contributed by atoms with Crippen LogP contribution in [0.25, 0.3) is 10.2 Å². The number of hydrazine groups is 1. The molecule has 1 aromatic carbocycles. The van der Waals surface area contributed by atoms with Crippen LogP contribution >= 0.6 is 11.3 Å². The van der Waals surface area contributed by atoms with E-state index in [0.29, 0.717) is 5.92 Å². The average molecular weight is 259 g/mol. The van der Waals surface area contributed by atoms with Crippen molar-refractivity contribution in [3.63, 3.8) is 0 Å². The molecule has 4 heteroatoms. The number of aromatic nitrogens is 1. The van der Waals surface area contributed by atoms with Crippen LogP contribution in [-0.2, 0) is 0 Å². The summed E-state index contributed by atoms with van der Waals surface area (Å²) in [6, 6.07) is 8.20. The maximum absolute atomic E-state index is 4.53. The smallest absolute Gasteiger partial charge is 0.202 e. The molecule has 2 aromatic rings. The maximum Gasteiger partial charge on any atom is 0.202 e. The summed E-state index contributed by atoms with van der Waals surface area (Å²) >= 11 is 1.67. The zero-order valence-electron chi connectivity index (χ0n) is 10.4. The third-order valence-corrected chi connectivity index (χ3v) is 4.17. The first-order valence-corrected chi connectivity index (χ1v) is 7.21. The van der Waals surface area contributed by atoms with E-state index in [1.54, 1.807) is 11.3 Å². The van der Waals surface area contributed by atoms with Crippen molar-refractivity contribution >= 4 is 26.7 Å². The summed E-state index contributed by atoms with van der Waals surface area (Å²) in [5.41, 5.74) is 8.84. The topological polar surface area (TPSA) is 37.0 Å². The van der Waals surface area contributed by atoms with Gasteiger partial charge in [0.2, 0.25) is 5.13 Å². The predicted octanol–water partition coefficient (Wildman–Crippen LogP) is 3.92. The second kappa shape index (κ2) is 4.98. The average Bonchev–Trinajstić information content (AvgIpc) is 2.79. The van der Waals surface area contributed by atoms with E-state index in [1.807, 2.05) is 18.2 Å². The lowest BCUT2D eigenvalue weighted by Crippen LogP contribution is -2.23. The predicted molar refractivity (Wildman–Crippen MR) is 77.5 cm³/mol. The second-order valence-corrected chi connectivity index (χ2v) is 5.83. The molecule has 1 aliphatic carbocycles. The zero-order chi connectivity index (χ0) is 12.4. The van der Waals surface area contributed by atoms with Crippen molar-refractivity contribution < 1.29 is 0 Å². The van der Waals surface area contributed by atoms with Crippen molar-refractivity contribution in [3.05, 3.63) is 36.0 Å². The molecule has 0 fully saturated rings. The van der Waals surface area contributed by atoms with E-state index >= 15 is 0 Å². The van der Waals surface area contributed by atoms with Crippen LogP contribution in [0, 0.1) is 5.92 Å². The molecule has 1 aromatic heterocycles. The number of hydrogen-bond acceptors (Lipinski definition) is 4. The van der Waals surface area contributed by atoms with Crippen LogP contribution in [0.1, 0.15) is 26.2 Å². The Balaban J connectivity index is 1.69. The molecule has 0 saturated carbocycles. The van der Waals surface area contributed by atoms with Crippen LogP contribution in [-0.4, -0.2) is 4.98 Å². The molecule has 0 spiro atoms. The molecule has 0 amide bonds. The molecule has 1 aliphatic rings. The molecule has 94 valence electrons. The molecule has 18 heavy (non-hydrogen) atoms. The van der Waals surface area contributed by atoms with Gasteiger partial charge in [0.15, 0.2) is 0 Å². The standard InChI is InChI=1S/C14H17N3S/c1-10-5-4-6-11(9-10)16-17-14-15-12-7-2-3-8-13(12)18-14/h2-3,7-10,16H,4-6H2,1H3,(H,15,17). The van der Waals surface area contributed by atoms with Crippen LogP contribution in [0.2, 0.25) is 0 Å². The Hall–Kier alpha value is -1.55. The minimum Gasteiger partial charge on any atom is -0.303 e. The number of nitrogens with one attached hydrogen (secondary N) is 2. The molecule has 3 rings (SSSR count). The van der Waals surface area contributed by atoms with E-state index in [1.165, 1.54) is 23.2 Å². The first-order chi connectivity index (χ1) is 8.81. The van der Waals surface area contributed by atoms with Crippen LogP contribution in [0.3, 0.4) is 0 Å². The normalized spacial score (nSPS) is 19.6. The Kier molecular flexibility index (Phi) is 3.19. The number of nitrogens with zero attached hydrogens (tertiary/aromatic N) is 1. The molecule has 1 atom stereocenters. The summed E-state index contributed by atoms with van der Waals surface area (Å²) in [5.74, 6) is 0.679. The van der Waals surface area contributed by atoms with Gasteiger partial charge in [0.05, 0.1) is 10.2 Å². The van der Waals surface area contributed by atoms with Crippen LogP contribution in [0.5, 0.6) is 0 Å². The minimum atomic E-state index is 0.679. The Morgan fingerprint density at radius 1 is 1.28 bits per heavy atom. The van der Waals surface area contributed by atoms with Gasteiger partial charge in [0.1, 0.15) is 0 Å². The molecule has 1 unspecified atom stereocenters. The van der Waals surface area contributed by atoms with Gasteiger partial charge in [0, 0.05) is 5.70 Å². The van der Waals surface area contributed by atoms with E-state index in [2.05, 4.69) is 34.9 Å². The van der Waals surface area contributed by atoms with E-state index < -0.39 is 0 Å². The molecule has 2 N–H and O–H groups in total. The van der Waals surface area contributed by atoms with Crippen molar-refractivity contribution in [2.45, 2.75) is 26.2 Å². The van der Waals surface area contributed by atoms with E-state index in [4.69, 9.17) is 0 Å². The molecule has 3 nitrogen and oxygen atoms in total. The lowest BCUT2D eigenvalue weighted by molar-refractivity contribution is 0.551. The molecule has 0 radical (unpaired) electrons. The Morgan fingerprint density at radius 2 is 2.17 bits per heavy atom. The molecule has 0 aliphatic heterocycles. The SMILES string of the molecule is CC1C=C(NNc2nc3ccccc3s2)CCC1. The number of fused-ring (bicyclic) bond motifs is 1. The van der Waals surface area contributed by atoms with Gasteiger partial charge >= 0.3 is 0 Å². The number of rotatable bonds is 3. The fraction of sp³-hybridized carbons (Fsp3) is 0.357. The largest absolute Gasteiger partial charge is 0.303 e. The van der Waals surface area contributed by atoms with E-state index in [9.17, 15) is 0 Å². The lowest BCUT2D eigenvalue weighted by atomic mass is 9.96. The molecular weight excluding hydrogens is 242 g/mol. The van der Waals surface area contributed by atoms with Crippen LogP contribution < -0.4 is 10.9 Å². The summed E-state index contributed by atoms with van der Waals surface area (Å²) < 4.78 is 1.22. The lowest BCUT2D eigenvalue weighted by Gasteiger charge is -2.19. The fourth-order valence-electron chi connectivity index (χ4n) is 2.29. The summed E-state index contributed by atoms with van der Waals surface area (Å²) in [4.78, 5) is 4.53. The highest BCUT2D eigenvalue weighted by molar-refractivity contribution is 7.22.